The van der Waals surface area contributed by atoms with Crippen LogP contribution in [0.5, 0.6) is 11.5 Å². The summed E-state index contributed by atoms with van der Waals surface area (Å²) in [4.78, 5) is 57.4. The number of carbonyl (C=O) groups is 4. The Kier molecular flexibility index (Phi) is 12.1. The third-order valence-electron chi connectivity index (χ3n) is 12.8. The molecule has 0 aromatic heterocycles. The lowest BCUT2D eigenvalue weighted by molar-refractivity contribution is -0.164. The molecule has 4 aromatic rings. The summed E-state index contributed by atoms with van der Waals surface area (Å²) in [6, 6.07) is 31.6. The molecule has 6 aliphatic heterocycles. The fourth-order valence-corrected chi connectivity index (χ4v) is 16.2. The Balaban J connectivity index is 0.974. The molecule has 6 saturated heterocycles. The van der Waals surface area contributed by atoms with Crippen molar-refractivity contribution < 1.29 is 38.9 Å². The van der Waals surface area contributed by atoms with Crippen molar-refractivity contribution in [3.05, 3.63) is 130 Å². The molecule has 6 fully saturated rings. The summed E-state index contributed by atoms with van der Waals surface area (Å²) in [6.45, 7) is -1.01. The monoisotopic (exact) mass is 914 g/mol. The highest BCUT2D eigenvalue weighted by Gasteiger charge is 2.67. The van der Waals surface area contributed by atoms with Gasteiger partial charge in [-0.1, -0.05) is 72.8 Å². The van der Waals surface area contributed by atoms with Gasteiger partial charge in [0.05, 0.1) is 36.6 Å². The number of rotatable bonds is 13. The van der Waals surface area contributed by atoms with Crippen molar-refractivity contribution in [1.29, 1.82) is 0 Å². The van der Waals surface area contributed by atoms with Crippen LogP contribution in [0.2, 0.25) is 0 Å². The standard InChI is InChI=1S/C46H50N4O8S4/c1-47-41(55)45(27-51)49(3)39(53)43(47,59-37(61-45)33-17-21-35(57-5)22-18-33)25-31-13-9-29(10-14-31)7-8-30-11-15-32(16-12-30)26-44-40(54)50(4)46(28-52,42(56)48(44)2)62-38(60-44)34-19-23-36(58-6)24-20-34/h9-24,37-38,51-52H,7-8,25-28H2,1-6H3/t37?,38?,43-,44?,45-,46-/m0/s1. The van der Waals surface area contributed by atoms with E-state index in [-0.39, 0.29) is 32.8 Å². The first-order valence-electron chi connectivity index (χ1n) is 20.2. The SMILES string of the molecule is COc1ccc(C2SC3(Cc4ccc(CCc5ccc(C[C@@]67SC(c8ccc(OC)cc8)S[C@@](CO)(C(=O)N6C)N(C)C7=O)cc5)cc4)C(=O)N(C)[C@@](CO)(S2)C(=O)N3C)cc1. The van der Waals surface area contributed by atoms with Gasteiger partial charge < -0.3 is 39.3 Å². The Morgan fingerprint density at radius 3 is 1.03 bits per heavy atom. The van der Waals surface area contributed by atoms with Gasteiger partial charge in [-0.3, -0.25) is 19.2 Å². The first kappa shape index (κ1) is 44.3. The highest BCUT2D eigenvalue weighted by molar-refractivity contribution is 8.19. The maximum Gasteiger partial charge on any atom is 0.262 e. The number of carbonyl (C=O) groups excluding carboxylic acids is 4. The summed E-state index contributed by atoms with van der Waals surface area (Å²) < 4.78 is 10.1. The van der Waals surface area contributed by atoms with Crippen molar-refractivity contribution in [2.45, 2.75) is 54.3 Å². The average molecular weight is 915 g/mol. The molecule has 3 unspecified atom stereocenters. The van der Waals surface area contributed by atoms with Gasteiger partial charge in [0.2, 0.25) is 0 Å². The fourth-order valence-electron chi connectivity index (χ4n) is 8.73. The minimum Gasteiger partial charge on any atom is -0.497 e. The Hall–Kier alpha value is -4.32. The summed E-state index contributed by atoms with van der Waals surface area (Å²) in [7, 11) is 9.77. The molecule has 12 nitrogen and oxygen atoms in total. The Morgan fingerprint density at radius 2 is 0.726 bits per heavy atom. The average Bonchev–Trinajstić information content (AvgIpc) is 3.57. The molecule has 6 aliphatic rings. The number of piperazine rings is 2. The second-order valence-electron chi connectivity index (χ2n) is 16.1. The minimum atomic E-state index is -1.44. The van der Waals surface area contributed by atoms with Gasteiger partial charge >= 0.3 is 0 Å². The molecule has 16 heteroatoms. The van der Waals surface area contributed by atoms with E-state index in [2.05, 4.69) is 24.3 Å². The van der Waals surface area contributed by atoms with E-state index in [9.17, 15) is 29.4 Å². The van der Waals surface area contributed by atoms with Crippen LogP contribution in [0.3, 0.4) is 0 Å². The topological polar surface area (TPSA) is 140 Å². The summed E-state index contributed by atoms with van der Waals surface area (Å²) in [5.74, 6) is 0.360. The molecular weight excluding hydrogens is 865 g/mol. The van der Waals surface area contributed by atoms with Crippen molar-refractivity contribution in [2.24, 2.45) is 0 Å². The number of benzene rings is 4. The van der Waals surface area contributed by atoms with Crippen LogP contribution in [-0.2, 0) is 44.9 Å². The minimum absolute atomic E-state index is 0.223. The van der Waals surface area contributed by atoms with E-state index >= 15 is 0 Å². The van der Waals surface area contributed by atoms with Crippen LogP contribution in [0.4, 0.5) is 0 Å². The quantitative estimate of drug-likeness (QED) is 0.174. The predicted molar refractivity (Wildman–Crippen MR) is 246 cm³/mol. The van der Waals surface area contributed by atoms with E-state index in [1.54, 1.807) is 42.4 Å². The zero-order valence-electron chi connectivity index (χ0n) is 35.4. The second kappa shape index (κ2) is 17.0. The summed E-state index contributed by atoms with van der Waals surface area (Å²) in [5, 5.41) is 21.3. The molecule has 6 heterocycles. The number of amides is 4. The highest BCUT2D eigenvalue weighted by Crippen LogP contribution is 2.62. The largest absolute Gasteiger partial charge is 0.497 e. The van der Waals surface area contributed by atoms with E-state index in [0.717, 1.165) is 46.2 Å². The highest BCUT2D eigenvalue weighted by atomic mass is 32.2. The van der Waals surface area contributed by atoms with Gasteiger partial charge in [-0.05, 0) is 70.5 Å². The summed E-state index contributed by atoms with van der Waals surface area (Å²) in [5.41, 5.74) is 5.90. The maximum atomic E-state index is 14.3. The third-order valence-corrected chi connectivity index (χ3v) is 19.8. The van der Waals surface area contributed by atoms with Crippen molar-refractivity contribution in [1.82, 2.24) is 19.6 Å². The molecule has 10 rings (SSSR count). The zero-order chi connectivity index (χ0) is 44.2. The molecule has 4 bridgehead atoms. The Morgan fingerprint density at radius 1 is 0.452 bits per heavy atom. The Bertz CT molecular complexity index is 2190. The number of aliphatic hydroxyl groups excluding tert-OH is 2. The van der Waals surface area contributed by atoms with Gasteiger partial charge in [0.1, 0.15) is 11.5 Å². The number of fused-ring (bicyclic) bond motifs is 8. The normalized spacial score (nSPS) is 28.4. The molecule has 6 atom stereocenters. The Labute approximate surface area is 379 Å². The molecule has 0 saturated carbocycles. The van der Waals surface area contributed by atoms with Crippen molar-refractivity contribution in [2.75, 3.05) is 55.6 Å². The van der Waals surface area contributed by atoms with E-state index in [0.29, 0.717) is 24.3 Å². The van der Waals surface area contributed by atoms with Crippen LogP contribution in [0.15, 0.2) is 97.1 Å². The molecule has 0 spiro atoms. The fraction of sp³-hybridized carbons (Fsp3) is 0.391. The third kappa shape index (κ3) is 7.14. The van der Waals surface area contributed by atoms with Gasteiger partial charge in [-0.15, -0.1) is 47.0 Å². The molecule has 0 radical (unpaired) electrons. The van der Waals surface area contributed by atoms with Gasteiger partial charge in [-0.2, -0.15) is 0 Å². The zero-order valence-corrected chi connectivity index (χ0v) is 38.7. The van der Waals surface area contributed by atoms with Crippen LogP contribution in [0, 0.1) is 0 Å². The van der Waals surface area contributed by atoms with Gasteiger partial charge in [-0.25, -0.2) is 0 Å². The van der Waals surface area contributed by atoms with Crippen LogP contribution < -0.4 is 9.47 Å². The molecule has 2 N–H and O–H groups in total. The molecule has 4 amide bonds. The number of hydrogen-bond acceptors (Lipinski definition) is 12. The number of methoxy groups -OCH3 is 2. The molecule has 62 heavy (non-hydrogen) atoms. The first-order valence-corrected chi connectivity index (χ1v) is 23.7. The lowest BCUT2D eigenvalue weighted by Gasteiger charge is -2.50. The molecule has 4 aromatic carbocycles. The van der Waals surface area contributed by atoms with Crippen LogP contribution in [0.25, 0.3) is 0 Å². The maximum absolute atomic E-state index is 14.3. The summed E-state index contributed by atoms with van der Waals surface area (Å²) >= 11 is 5.48. The van der Waals surface area contributed by atoms with Crippen LogP contribution in [0.1, 0.15) is 42.5 Å². The smallest absolute Gasteiger partial charge is 0.262 e. The molecule has 0 aliphatic carbocycles. The lowest BCUT2D eigenvalue weighted by Crippen LogP contribution is -2.73. The van der Waals surface area contributed by atoms with Crippen LogP contribution >= 0.6 is 47.0 Å². The molecular formula is C46H50N4O8S4. The van der Waals surface area contributed by atoms with Gasteiger partial charge in [0, 0.05) is 41.0 Å². The second-order valence-corrected chi connectivity index (χ2v) is 22.2. The van der Waals surface area contributed by atoms with Crippen molar-refractivity contribution in [3.63, 3.8) is 0 Å². The number of hydrogen-bond donors (Lipinski definition) is 2. The van der Waals surface area contributed by atoms with Crippen LogP contribution in [-0.4, -0.2) is 129 Å². The lowest BCUT2D eigenvalue weighted by atomic mass is 9.95. The van der Waals surface area contributed by atoms with Crippen molar-refractivity contribution >= 4 is 70.7 Å². The van der Waals surface area contributed by atoms with Crippen molar-refractivity contribution in [3.8, 4) is 11.5 Å². The molecule has 326 valence electrons. The summed E-state index contributed by atoms with van der Waals surface area (Å²) in [6.07, 6.45) is 2.11. The van der Waals surface area contributed by atoms with E-state index < -0.39 is 32.7 Å². The van der Waals surface area contributed by atoms with Gasteiger partial charge in [0.15, 0.2) is 19.5 Å². The van der Waals surface area contributed by atoms with Gasteiger partial charge in [0.25, 0.3) is 23.6 Å². The predicted octanol–water partition coefficient (Wildman–Crippen LogP) is 5.56. The number of ether oxygens (including phenoxy) is 2. The number of nitrogens with zero attached hydrogens (tertiary/aromatic N) is 4. The van der Waals surface area contributed by atoms with E-state index in [4.69, 9.17) is 9.47 Å². The first-order chi connectivity index (χ1) is 29.7. The number of likely N-dealkylation sites (N-methyl/N-ethyl adjacent to an activating group) is 4. The number of aliphatic hydroxyl groups is 2. The number of thioether (sulfide) groups is 4. The van der Waals surface area contributed by atoms with E-state index in [1.165, 1.54) is 66.6 Å². The van der Waals surface area contributed by atoms with E-state index in [1.807, 2.05) is 72.8 Å². The number of aryl methyl sites for hydroxylation is 2.